The maximum absolute atomic E-state index is 12.9. The Morgan fingerprint density at radius 1 is 1.03 bits per heavy atom. The minimum Gasteiger partial charge on any atom is -0.379 e. The SMILES string of the molecule is NS(=O)(=O)c1ccc(NC(=O)c2ccc(Cl)c(S(=O)(=O)N3CCOCC3)c2)cc1. The zero-order chi connectivity index (χ0) is 21.2. The molecular formula is C17H18ClN3O6S2. The van der Waals surface area contributed by atoms with Gasteiger partial charge in [0, 0.05) is 24.3 Å². The third-order valence-corrected chi connectivity index (χ3v) is 7.53. The number of hydrogen-bond acceptors (Lipinski definition) is 6. The number of ether oxygens (including phenoxy) is 1. The van der Waals surface area contributed by atoms with Gasteiger partial charge in [-0.15, -0.1) is 0 Å². The molecule has 0 aliphatic carbocycles. The van der Waals surface area contributed by atoms with E-state index in [1.54, 1.807) is 0 Å². The zero-order valence-electron chi connectivity index (χ0n) is 15.0. The lowest BCUT2D eigenvalue weighted by Gasteiger charge is -2.26. The molecule has 0 atom stereocenters. The molecule has 29 heavy (non-hydrogen) atoms. The van der Waals surface area contributed by atoms with Gasteiger partial charge in [-0.2, -0.15) is 4.31 Å². The topological polar surface area (TPSA) is 136 Å². The van der Waals surface area contributed by atoms with E-state index < -0.39 is 26.0 Å². The Bertz CT molecular complexity index is 1130. The third-order valence-electron chi connectivity index (χ3n) is 4.22. The van der Waals surface area contributed by atoms with Gasteiger partial charge in [0.15, 0.2) is 0 Å². The van der Waals surface area contributed by atoms with Crippen LogP contribution in [0.5, 0.6) is 0 Å². The van der Waals surface area contributed by atoms with Crippen molar-refractivity contribution in [3.63, 3.8) is 0 Å². The van der Waals surface area contributed by atoms with Gasteiger partial charge in [0.2, 0.25) is 20.0 Å². The highest BCUT2D eigenvalue weighted by atomic mass is 35.5. The fourth-order valence-corrected chi connectivity index (χ4v) is 5.12. The van der Waals surface area contributed by atoms with E-state index in [0.717, 1.165) is 0 Å². The van der Waals surface area contributed by atoms with Gasteiger partial charge in [0.1, 0.15) is 4.90 Å². The molecule has 2 aromatic carbocycles. The minimum atomic E-state index is -3.88. The lowest BCUT2D eigenvalue weighted by atomic mass is 10.2. The molecule has 1 aliphatic heterocycles. The average Bonchev–Trinajstić information content (AvgIpc) is 2.68. The van der Waals surface area contributed by atoms with Crippen LogP contribution in [0.15, 0.2) is 52.3 Å². The molecule has 156 valence electrons. The number of carbonyl (C=O) groups excluding carboxylic acids is 1. The van der Waals surface area contributed by atoms with Crippen LogP contribution in [0.25, 0.3) is 0 Å². The van der Waals surface area contributed by atoms with Gasteiger partial charge in [-0.1, -0.05) is 11.6 Å². The number of benzene rings is 2. The summed E-state index contributed by atoms with van der Waals surface area (Å²) in [6.07, 6.45) is 0. The molecule has 1 fully saturated rings. The van der Waals surface area contributed by atoms with Crippen molar-refractivity contribution in [3.05, 3.63) is 53.1 Å². The molecule has 1 saturated heterocycles. The van der Waals surface area contributed by atoms with Gasteiger partial charge < -0.3 is 10.1 Å². The highest BCUT2D eigenvalue weighted by Crippen LogP contribution is 2.27. The number of amides is 1. The fraction of sp³-hybridized carbons (Fsp3) is 0.235. The van der Waals surface area contributed by atoms with E-state index in [2.05, 4.69) is 5.32 Å². The average molecular weight is 460 g/mol. The van der Waals surface area contributed by atoms with Crippen LogP contribution in [-0.2, 0) is 24.8 Å². The number of primary sulfonamides is 1. The van der Waals surface area contributed by atoms with E-state index in [0.29, 0.717) is 5.69 Å². The first-order chi connectivity index (χ1) is 13.6. The number of nitrogens with zero attached hydrogens (tertiary/aromatic N) is 1. The van der Waals surface area contributed by atoms with Crippen LogP contribution >= 0.6 is 11.6 Å². The molecule has 0 unspecified atom stereocenters. The van der Waals surface area contributed by atoms with Gasteiger partial charge >= 0.3 is 0 Å². The van der Waals surface area contributed by atoms with Gasteiger partial charge in [-0.25, -0.2) is 22.0 Å². The summed E-state index contributed by atoms with van der Waals surface area (Å²) >= 11 is 6.09. The summed E-state index contributed by atoms with van der Waals surface area (Å²) < 4.78 is 54.7. The Kier molecular flexibility index (Phi) is 6.27. The molecule has 3 N–H and O–H groups in total. The molecule has 0 spiro atoms. The summed E-state index contributed by atoms with van der Waals surface area (Å²) in [6, 6.07) is 9.20. The number of nitrogens with two attached hydrogens (primary N) is 1. The van der Waals surface area contributed by atoms with E-state index >= 15 is 0 Å². The molecule has 1 aliphatic rings. The Hall–Kier alpha value is -2.02. The molecule has 0 aromatic heterocycles. The second-order valence-corrected chi connectivity index (χ2v) is 10.1. The number of morpholine rings is 1. The Morgan fingerprint density at radius 3 is 2.24 bits per heavy atom. The summed E-state index contributed by atoms with van der Waals surface area (Å²) in [7, 11) is -7.73. The minimum absolute atomic E-state index is 0.00514. The van der Waals surface area contributed by atoms with Crippen LogP contribution in [-0.4, -0.2) is 53.4 Å². The number of halogens is 1. The van der Waals surface area contributed by atoms with Crippen LogP contribution in [0, 0.1) is 0 Å². The second-order valence-electron chi connectivity index (χ2n) is 6.19. The number of sulfonamides is 2. The molecule has 2 aromatic rings. The van der Waals surface area contributed by atoms with Gasteiger partial charge in [0.25, 0.3) is 5.91 Å². The van der Waals surface area contributed by atoms with Crippen LogP contribution in [0.1, 0.15) is 10.4 Å². The highest BCUT2D eigenvalue weighted by molar-refractivity contribution is 7.89. The fourth-order valence-electron chi connectivity index (χ4n) is 2.70. The normalized spacial score (nSPS) is 15.8. The Labute approximate surface area is 173 Å². The molecule has 9 nitrogen and oxygen atoms in total. The van der Waals surface area contributed by atoms with E-state index in [4.69, 9.17) is 21.5 Å². The van der Waals surface area contributed by atoms with Crippen LogP contribution < -0.4 is 10.5 Å². The highest BCUT2D eigenvalue weighted by Gasteiger charge is 2.29. The standard InChI is InChI=1S/C17H18ClN3O6S2/c18-15-6-1-12(11-16(15)29(25,26)21-7-9-27-10-8-21)17(22)20-13-2-4-14(5-3-13)28(19,23)24/h1-6,11H,7-10H2,(H,20,22)(H2,19,23,24). The first-order valence-electron chi connectivity index (χ1n) is 8.41. The molecule has 0 radical (unpaired) electrons. The summed E-state index contributed by atoms with van der Waals surface area (Å²) in [5.41, 5.74) is 0.395. The number of anilines is 1. The van der Waals surface area contributed by atoms with Crippen molar-refractivity contribution in [2.45, 2.75) is 9.79 Å². The summed E-state index contributed by atoms with van der Waals surface area (Å²) in [4.78, 5) is 12.3. The number of nitrogens with one attached hydrogen (secondary N) is 1. The molecular weight excluding hydrogens is 442 g/mol. The molecule has 1 amide bonds. The van der Waals surface area contributed by atoms with E-state index in [1.165, 1.54) is 46.8 Å². The predicted molar refractivity (Wildman–Crippen MR) is 107 cm³/mol. The molecule has 1 heterocycles. The smallest absolute Gasteiger partial charge is 0.255 e. The first kappa shape index (κ1) is 21.7. The molecule has 3 rings (SSSR count). The van der Waals surface area contributed by atoms with Gasteiger partial charge in [0.05, 0.1) is 23.1 Å². The van der Waals surface area contributed by atoms with Crippen molar-refractivity contribution in [1.29, 1.82) is 0 Å². The van der Waals surface area contributed by atoms with Crippen LogP contribution in [0.4, 0.5) is 5.69 Å². The first-order valence-corrected chi connectivity index (χ1v) is 11.8. The number of rotatable bonds is 5. The van der Waals surface area contributed by atoms with Crippen LogP contribution in [0.2, 0.25) is 5.02 Å². The van der Waals surface area contributed by atoms with E-state index in [-0.39, 0.29) is 46.7 Å². The summed E-state index contributed by atoms with van der Waals surface area (Å²) in [5.74, 6) is -0.580. The lowest BCUT2D eigenvalue weighted by molar-refractivity contribution is 0.0730. The summed E-state index contributed by atoms with van der Waals surface area (Å²) in [5, 5.41) is 7.61. The van der Waals surface area contributed by atoms with Crippen molar-refractivity contribution >= 4 is 43.2 Å². The van der Waals surface area contributed by atoms with E-state index in [9.17, 15) is 21.6 Å². The number of hydrogen-bond donors (Lipinski definition) is 2. The summed E-state index contributed by atoms with van der Waals surface area (Å²) in [6.45, 7) is 0.966. The van der Waals surface area contributed by atoms with Crippen LogP contribution in [0.3, 0.4) is 0 Å². The van der Waals surface area contributed by atoms with E-state index in [1.807, 2.05) is 0 Å². The molecule has 0 saturated carbocycles. The maximum Gasteiger partial charge on any atom is 0.255 e. The lowest BCUT2D eigenvalue weighted by Crippen LogP contribution is -2.40. The van der Waals surface area contributed by atoms with Crippen molar-refractivity contribution < 1.29 is 26.4 Å². The molecule has 0 bridgehead atoms. The van der Waals surface area contributed by atoms with Crippen molar-refractivity contribution in [2.24, 2.45) is 5.14 Å². The predicted octanol–water partition coefficient (Wildman–Crippen LogP) is 1.26. The molecule has 12 heteroatoms. The van der Waals surface area contributed by atoms with Gasteiger partial charge in [-0.3, -0.25) is 4.79 Å². The van der Waals surface area contributed by atoms with Gasteiger partial charge in [-0.05, 0) is 42.5 Å². The van der Waals surface area contributed by atoms with Crippen molar-refractivity contribution in [3.8, 4) is 0 Å². The van der Waals surface area contributed by atoms with Crippen molar-refractivity contribution in [2.75, 3.05) is 31.6 Å². The third kappa shape index (κ3) is 4.94. The number of carbonyl (C=O) groups is 1. The quantitative estimate of drug-likeness (QED) is 0.690. The largest absolute Gasteiger partial charge is 0.379 e. The monoisotopic (exact) mass is 459 g/mol. The maximum atomic E-state index is 12.9. The second kappa shape index (κ2) is 8.38. The Morgan fingerprint density at radius 2 is 1.66 bits per heavy atom. The zero-order valence-corrected chi connectivity index (χ0v) is 17.4. The Balaban J connectivity index is 1.84. The van der Waals surface area contributed by atoms with Crippen molar-refractivity contribution in [1.82, 2.24) is 4.31 Å².